The molecule has 1 aliphatic heterocycles. The van der Waals surface area contributed by atoms with Gasteiger partial charge in [-0.25, -0.2) is 14.4 Å². The second kappa shape index (κ2) is 7.57. The lowest BCUT2D eigenvalue weighted by Gasteiger charge is -2.34. The maximum atomic E-state index is 13.3. The van der Waals surface area contributed by atoms with Gasteiger partial charge in [-0.2, -0.15) is 0 Å². The number of rotatable bonds is 4. The Kier molecular flexibility index (Phi) is 5.23. The zero-order valence-electron chi connectivity index (χ0n) is 14.5. The highest BCUT2D eigenvalue weighted by atomic mass is 19.1. The van der Waals surface area contributed by atoms with Crippen LogP contribution in [0.2, 0.25) is 0 Å². The quantitative estimate of drug-likeness (QED) is 0.845. The maximum Gasteiger partial charge on any atom is 0.254 e. The summed E-state index contributed by atoms with van der Waals surface area (Å²) >= 11 is 0. The molecular weight excluding hydrogens is 321 g/mol. The molecule has 3 rings (SSSR count). The predicted octanol–water partition coefficient (Wildman–Crippen LogP) is 1.64. The van der Waals surface area contributed by atoms with Crippen LogP contribution in [-0.4, -0.2) is 65.9 Å². The van der Waals surface area contributed by atoms with Crippen LogP contribution >= 0.6 is 0 Å². The van der Waals surface area contributed by atoms with E-state index in [2.05, 4.69) is 14.9 Å². The molecule has 1 aromatic heterocycles. The van der Waals surface area contributed by atoms with Crippen LogP contribution in [0.4, 0.5) is 10.3 Å². The first-order valence-corrected chi connectivity index (χ1v) is 8.28. The number of piperazine rings is 1. The normalized spacial score (nSPS) is 15.2. The van der Waals surface area contributed by atoms with Gasteiger partial charge in [-0.15, -0.1) is 0 Å². The van der Waals surface area contributed by atoms with Gasteiger partial charge in [-0.3, -0.25) is 9.69 Å². The topological polar surface area (TPSA) is 52.6 Å². The lowest BCUT2D eigenvalue weighted by molar-refractivity contribution is 0.0627. The summed E-state index contributed by atoms with van der Waals surface area (Å²) in [6, 6.07) is 5.86. The molecule has 1 fully saturated rings. The Morgan fingerprint density at radius 2 is 1.84 bits per heavy atom. The van der Waals surface area contributed by atoms with Crippen molar-refractivity contribution in [3.05, 3.63) is 53.6 Å². The van der Waals surface area contributed by atoms with Crippen LogP contribution in [0.15, 0.2) is 36.7 Å². The first kappa shape index (κ1) is 17.3. The fourth-order valence-electron chi connectivity index (χ4n) is 2.83. The Hall–Kier alpha value is -2.54. The molecule has 1 amide bonds. The van der Waals surface area contributed by atoms with Gasteiger partial charge in [0.05, 0.1) is 0 Å². The number of nitrogens with zero attached hydrogens (tertiary/aromatic N) is 5. The van der Waals surface area contributed by atoms with Gasteiger partial charge in [-0.1, -0.05) is 6.07 Å². The van der Waals surface area contributed by atoms with E-state index >= 15 is 0 Å². The van der Waals surface area contributed by atoms with Gasteiger partial charge in [0.1, 0.15) is 5.82 Å². The highest BCUT2D eigenvalue weighted by Gasteiger charge is 2.22. The van der Waals surface area contributed by atoms with E-state index in [0.29, 0.717) is 24.6 Å². The molecule has 0 saturated carbocycles. The molecule has 132 valence electrons. The molecule has 0 atom stereocenters. The summed E-state index contributed by atoms with van der Waals surface area (Å²) in [4.78, 5) is 27.0. The number of carbonyl (C=O) groups excluding carboxylic acids is 1. The summed E-state index contributed by atoms with van der Waals surface area (Å²) in [5, 5.41) is 0. The third-order valence-electron chi connectivity index (χ3n) is 4.23. The van der Waals surface area contributed by atoms with Crippen molar-refractivity contribution < 1.29 is 9.18 Å². The van der Waals surface area contributed by atoms with Crippen molar-refractivity contribution in [1.82, 2.24) is 19.8 Å². The van der Waals surface area contributed by atoms with Gasteiger partial charge in [0.15, 0.2) is 0 Å². The predicted molar refractivity (Wildman–Crippen MR) is 93.9 cm³/mol. The monoisotopic (exact) mass is 343 g/mol. The van der Waals surface area contributed by atoms with Gasteiger partial charge in [-0.05, 0) is 18.2 Å². The molecule has 0 N–H and O–H groups in total. The molecular formula is C18H22FN5O. The Bertz CT molecular complexity index is 727. The van der Waals surface area contributed by atoms with Gasteiger partial charge >= 0.3 is 0 Å². The van der Waals surface area contributed by atoms with Crippen molar-refractivity contribution in [2.45, 2.75) is 6.54 Å². The number of anilines is 1. The molecule has 6 nitrogen and oxygen atoms in total. The Morgan fingerprint density at radius 3 is 2.44 bits per heavy atom. The summed E-state index contributed by atoms with van der Waals surface area (Å²) in [6.07, 6.45) is 3.68. The summed E-state index contributed by atoms with van der Waals surface area (Å²) in [6.45, 7) is 3.57. The van der Waals surface area contributed by atoms with E-state index in [0.717, 1.165) is 25.2 Å². The molecule has 7 heteroatoms. The first-order chi connectivity index (χ1) is 12.0. The van der Waals surface area contributed by atoms with Crippen LogP contribution in [0.5, 0.6) is 0 Å². The first-order valence-electron chi connectivity index (χ1n) is 8.28. The van der Waals surface area contributed by atoms with Gasteiger partial charge in [0, 0.05) is 70.3 Å². The third kappa shape index (κ3) is 4.30. The lowest BCUT2D eigenvalue weighted by atomic mass is 10.1. The van der Waals surface area contributed by atoms with E-state index in [1.807, 2.05) is 31.4 Å². The number of aromatic nitrogens is 2. The van der Waals surface area contributed by atoms with Crippen LogP contribution in [0, 0.1) is 5.82 Å². The van der Waals surface area contributed by atoms with Crippen LogP contribution in [0.25, 0.3) is 0 Å². The number of benzene rings is 1. The maximum absolute atomic E-state index is 13.3. The van der Waals surface area contributed by atoms with Crippen molar-refractivity contribution in [3.8, 4) is 0 Å². The van der Waals surface area contributed by atoms with Crippen LogP contribution in [-0.2, 0) is 6.54 Å². The van der Waals surface area contributed by atoms with Gasteiger partial charge in [0.25, 0.3) is 5.91 Å². The number of hydrogen-bond donors (Lipinski definition) is 0. The Labute approximate surface area is 146 Å². The highest BCUT2D eigenvalue weighted by molar-refractivity contribution is 5.94. The van der Waals surface area contributed by atoms with E-state index in [1.165, 1.54) is 12.1 Å². The minimum absolute atomic E-state index is 0.113. The van der Waals surface area contributed by atoms with E-state index in [4.69, 9.17) is 0 Å². The van der Waals surface area contributed by atoms with Gasteiger partial charge in [0.2, 0.25) is 5.95 Å². The van der Waals surface area contributed by atoms with Crippen molar-refractivity contribution >= 4 is 11.9 Å². The zero-order valence-corrected chi connectivity index (χ0v) is 14.5. The van der Waals surface area contributed by atoms with Crippen molar-refractivity contribution in [2.24, 2.45) is 0 Å². The summed E-state index contributed by atoms with van der Waals surface area (Å²) in [5.74, 6) is 0.192. The van der Waals surface area contributed by atoms with Gasteiger partial charge < -0.3 is 9.80 Å². The van der Waals surface area contributed by atoms with Crippen LogP contribution < -0.4 is 4.90 Å². The molecule has 0 radical (unpaired) electrons. The van der Waals surface area contributed by atoms with E-state index in [-0.39, 0.29) is 11.7 Å². The SMILES string of the molecule is CN(C)c1ncc(CN2CCN(C(=O)c3cccc(F)c3)CC2)cn1. The second-order valence-electron chi connectivity index (χ2n) is 6.36. The number of amides is 1. The average Bonchev–Trinajstić information content (AvgIpc) is 2.62. The molecule has 1 aliphatic rings. The van der Waals surface area contributed by atoms with Crippen molar-refractivity contribution in [3.63, 3.8) is 0 Å². The number of halogens is 1. The largest absolute Gasteiger partial charge is 0.347 e. The van der Waals surface area contributed by atoms with Crippen LogP contribution in [0.3, 0.4) is 0 Å². The third-order valence-corrected chi connectivity index (χ3v) is 4.23. The van der Waals surface area contributed by atoms with Crippen molar-refractivity contribution in [1.29, 1.82) is 0 Å². The number of hydrogen-bond acceptors (Lipinski definition) is 5. The minimum atomic E-state index is -0.384. The molecule has 1 saturated heterocycles. The smallest absolute Gasteiger partial charge is 0.254 e. The molecule has 0 aliphatic carbocycles. The fraction of sp³-hybridized carbons (Fsp3) is 0.389. The van der Waals surface area contributed by atoms with E-state index in [1.54, 1.807) is 17.0 Å². The van der Waals surface area contributed by atoms with Crippen LogP contribution in [0.1, 0.15) is 15.9 Å². The zero-order chi connectivity index (χ0) is 17.8. The molecule has 2 heterocycles. The Morgan fingerprint density at radius 1 is 1.16 bits per heavy atom. The average molecular weight is 343 g/mol. The molecule has 25 heavy (non-hydrogen) atoms. The van der Waals surface area contributed by atoms with E-state index in [9.17, 15) is 9.18 Å². The fourth-order valence-corrected chi connectivity index (χ4v) is 2.83. The van der Waals surface area contributed by atoms with E-state index < -0.39 is 0 Å². The standard InChI is InChI=1S/C18H22FN5O/c1-22(2)18-20-11-14(12-21-18)13-23-6-8-24(9-7-23)17(25)15-4-3-5-16(19)10-15/h3-5,10-12H,6-9,13H2,1-2H3. The molecule has 1 aromatic carbocycles. The Balaban J connectivity index is 1.54. The molecule has 2 aromatic rings. The summed E-state index contributed by atoms with van der Waals surface area (Å²) in [7, 11) is 3.81. The lowest BCUT2D eigenvalue weighted by Crippen LogP contribution is -2.48. The highest BCUT2D eigenvalue weighted by Crippen LogP contribution is 2.13. The summed E-state index contributed by atoms with van der Waals surface area (Å²) < 4.78 is 13.3. The number of carbonyl (C=O) groups is 1. The molecule has 0 spiro atoms. The molecule has 0 bridgehead atoms. The summed E-state index contributed by atoms with van der Waals surface area (Å²) in [5.41, 5.74) is 1.46. The molecule has 0 unspecified atom stereocenters. The second-order valence-corrected chi connectivity index (χ2v) is 6.36. The minimum Gasteiger partial charge on any atom is -0.347 e. The van der Waals surface area contributed by atoms with Crippen molar-refractivity contribution in [2.75, 3.05) is 45.2 Å².